The van der Waals surface area contributed by atoms with Gasteiger partial charge in [-0.15, -0.1) is 0 Å². The van der Waals surface area contributed by atoms with Crippen molar-refractivity contribution >= 4 is 17.5 Å². The van der Waals surface area contributed by atoms with E-state index in [4.69, 9.17) is 9.47 Å². The molecule has 2 rings (SSSR count). The van der Waals surface area contributed by atoms with Gasteiger partial charge in [-0.1, -0.05) is 13.8 Å². The standard InChI is InChI=1S/C13H16O3S/c1-3-9(2)17-7-11(14)10-4-5-12-13(6-10)16-8-15-12/h4-6,9H,3,7-8H2,1-2H3. The largest absolute Gasteiger partial charge is 0.454 e. The van der Waals surface area contributed by atoms with Crippen LogP contribution in [-0.4, -0.2) is 23.6 Å². The Morgan fingerprint density at radius 2 is 2.18 bits per heavy atom. The molecule has 1 heterocycles. The lowest BCUT2D eigenvalue weighted by Crippen LogP contribution is -2.06. The van der Waals surface area contributed by atoms with E-state index in [1.165, 1.54) is 0 Å². The quantitative estimate of drug-likeness (QED) is 0.754. The third-order valence-corrected chi connectivity index (χ3v) is 4.10. The summed E-state index contributed by atoms with van der Waals surface area (Å²) in [5.41, 5.74) is 0.699. The van der Waals surface area contributed by atoms with Crippen LogP contribution in [-0.2, 0) is 0 Å². The number of benzene rings is 1. The molecule has 1 aliphatic heterocycles. The molecule has 0 fully saturated rings. The number of rotatable bonds is 5. The molecule has 1 aromatic rings. The van der Waals surface area contributed by atoms with Gasteiger partial charge in [-0.05, 0) is 24.6 Å². The fraction of sp³-hybridized carbons (Fsp3) is 0.462. The molecule has 4 heteroatoms. The van der Waals surface area contributed by atoms with Gasteiger partial charge in [-0.3, -0.25) is 4.79 Å². The van der Waals surface area contributed by atoms with Gasteiger partial charge in [0.25, 0.3) is 0 Å². The highest BCUT2D eigenvalue weighted by Gasteiger charge is 2.16. The van der Waals surface area contributed by atoms with Crippen LogP contribution in [0, 0.1) is 0 Å². The van der Waals surface area contributed by atoms with E-state index in [9.17, 15) is 4.79 Å². The molecule has 1 atom stereocenters. The first-order valence-electron chi connectivity index (χ1n) is 5.75. The van der Waals surface area contributed by atoms with Gasteiger partial charge >= 0.3 is 0 Å². The lowest BCUT2D eigenvalue weighted by atomic mass is 10.1. The minimum atomic E-state index is 0.147. The van der Waals surface area contributed by atoms with Crippen LogP contribution in [0.3, 0.4) is 0 Å². The third-order valence-electron chi connectivity index (χ3n) is 2.77. The molecule has 0 spiro atoms. The van der Waals surface area contributed by atoms with Gasteiger partial charge in [0.1, 0.15) is 0 Å². The van der Waals surface area contributed by atoms with Gasteiger partial charge in [0.05, 0.1) is 5.75 Å². The Kier molecular flexibility index (Phi) is 3.94. The number of hydrogen-bond acceptors (Lipinski definition) is 4. The van der Waals surface area contributed by atoms with Crippen LogP contribution in [0.25, 0.3) is 0 Å². The summed E-state index contributed by atoms with van der Waals surface area (Å²) in [6.45, 7) is 4.51. The molecule has 17 heavy (non-hydrogen) atoms. The second kappa shape index (κ2) is 5.45. The van der Waals surface area contributed by atoms with Gasteiger partial charge in [0.2, 0.25) is 6.79 Å². The number of carbonyl (C=O) groups is 1. The predicted molar refractivity (Wildman–Crippen MR) is 69.1 cm³/mol. The van der Waals surface area contributed by atoms with Crippen molar-refractivity contribution in [3.63, 3.8) is 0 Å². The average Bonchev–Trinajstić information content (AvgIpc) is 2.82. The first kappa shape index (κ1) is 12.3. The molecule has 1 aromatic carbocycles. The molecule has 0 aromatic heterocycles. The molecule has 92 valence electrons. The number of ether oxygens (including phenoxy) is 2. The van der Waals surface area contributed by atoms with Crippen molar-refractivity contribution in [2.24, 2.45) is 0 Å². The summed E-state index contributed by atoms with van der Waals surface area (Å²) in [7, 11) is 0. The average molecular weight is 252 g/mol. The number of thioether (sulfide) groups is 1. The van der Waals surface area contributed by atoms with Crippen molar-refractivity contribution in [2.45, 2.75) is 25.5 Å². The Bertz CT molecular complexity index is 417. The zero-order chi connectivity index (χ0) is 12.3. The van der Waals surface area contributed by atoms with E-state index in [1.54, 1.807) is 30.0 Å². The maximum atomic E-state index is 11.9. The van der Waals surface area contributed by atoms with E-state index in [2.05, 4.69) is 13.8 Å². The van der Waals surface area contributed by atoms with E-state index in [1.807, 2.05) is 0 Å². The molecule has 0 aliphatic carbocycles. The summed E-state index contributed by atoms with van der Waals surface area (Å²) in [6.07, 6.45) is 1.08. The zero-order valence-corrected chi connectivity index (χ0v) is 10.9. The molecule has 0 bridgehead atoms. The summed E-state index contributed by atoms with van der Waals surface area (Å²) in [5, 5.41) is 0.521. The van der Waals surface area contributed by atoms with Crippen molar-refractivity contribution in [1.82, 2.24) is 0 Å². The highest BCUT2D eigenvalue weighted by molar-refractivity contribution is 8.00. The predicted octanol–water partition coefficient (Wildman–Crippen LogP) is 3.13. The topological polar surface area (TPSA) is 35.5 Å². The maximum Gasteiger partial charge on any atom is 0.231 e. The number of carbonyl (C=O) groups excluding carboxylic acids is 1. The fourth-order valence-corrected chi connectivity index (χ4v) is 2.33. The first-order valence-corrected chi connectivity index (χ1v) is 6.80. The fourth-order valence-electron chi connectivity index (χ4n) is 1.49. The van der Waals surface area contributed by atoms with Crippen LogP contribution < -0.4 is 9.47 Å². The monoisotopic (exact) mass is 252 g/mol. The van der Waals surface area contributed by atoms with Gasteiger partial charge in [0.15, 0.2) is 17.3 Å². The molecule has 1 unspecified atom stereocenters. The number of hydrogen-bond donors (Lipinski definition) is 0. The molecule has 1 aliphatic rings. The van der Waals surface area contributed by atoms with Crippen molar-refractivity contribution in [1.29, 1.82) is 0 Å². The Balaban J connectivity index is 2.00. The van der Waals surface area contributed by atoms with Crippen LogP contribution in [0.5, 0.6) is 11.5 Å². The lowest BCUT2D eigenvalue weighted by Gasteiger charge is -2.07. The summed E-state index contributed by atoms with van der Waals surface area (Å²) in [6, 6.07) is 5.36. The van der Waals surface area contributed by atoms with Crippen molar-refractivity contribution in [3.8, 4) is 11.5 Å². The number of fused-ring (bicyclic) bond motifs is 1. The molecule has 0 radical (unpaired) electrons. The molecule has 0 amide bonds. The second-order valence-corrected chi connectivity index (χ2v) is 5.45. The van der Waals surface area contributed by atoms with Crippen LogP contribution in [0.2, 0.25) is 0 Å². The molecule has 0 N–H and O–H groups in total. The van der Waals surface area contributed by atoms with Gasteiger partial charge in [-0.2, -0.15) is 11.8 Å². The summed E-state index contributed by atoms with van der Waals surface area (Å²) < 4.78 is 10.5. The smallest absolute Gasteiger partial charge is 0.231 e. The second-order valence-electron chi connectivity index (χ2n) is 4.02. The van der Waals surface area contributed by atoms with E-state index in [0.717, 1.165) is 12.2 Å². The molecule has 0 saturated heterocycles. The molecular formula is C13H16O3S. The highest BCUT2D eigenvalue weighted by Crippen LogP contribution is 2.32. The van der Waals surface area contributed by atoms with Crippen LogP contribution in [0.4, 0.5) is 0 Å². The van der Waals surface area contributed by atoms with Crippen LogP contribution in [0.15, 0.2) is 18.2 Å². The van der Waals surface area contributed by atoms with E-state index in [-0.39, 0.29) is 12.6 Å². The van der Waals surface area contributed by atoms with E-state index < -0.39 is 0 Å². The minimum Gasteiger partial charge on any atom is -0.454 e. The molecular weight excluding hydrogens is 236 g/mol. The Morgan fingerprint density at radius 1 is 1.41 bits per heavy atom. The number of ketones is 1. The van der Waals surface area contributed by atoms with Crippen molar-refractivity contribution < 1.29 is 14.3 Å². The Hall–Kier alpha value is -1.16. The summed E-state index contributed by atoms with van der Waals surface area (Å²) >= 11 is 1.69. The highest BCUT2D eigenvalue weighted by atomic mass is 32.2. The minimum absolute atomic E-state index is 0.147. The van der Waals surface area contributed by atoms with Gasteiger partial charge < -0.3 is 9.47 Å². The SMILES string of the molecule is CCC(C)SCC(=O)c1ccc2c(c1)OCO2. The summed E-state index contributed by atoms with van der Waals surface area (Å²) in [5.74, 6) is 2.06. The third kappa shape index (κ3) is 2.94. The molecule has 3 nitrogen and oxygen atoms in total. The summed E-state index contributed by atoms with van der Waals surface area (Å²) in [4.78, 5) is 11.9. The first-order chi connectivity index (χ1) is 8.20. The van der Waals surface area contributed by atoms with E-state index >= 15 is 0 Å². The Labute approximate surface area is 105 Å². The number of Topliss-reactive ketones (excluding diaryl/α,β-unsaturated/α-hetero) is 1. The maximum absolute atomic E-state index is 11.9. The van der Waals surface area contributed by atoms with Crippen LogP contribution >= 0.6 is 11.8 Å². The van der Waals surface area contributed by atoms with Crippen LogP contribution in [0.1, 0.15) is 30.6 Å². The lowest BCUT2D eigenvalue weighted by molar-refractivity contribution is 0.102. The Morgan fingerprint density at radius 3 is 2.94 bits per heavy atom. The van der Waals surface area contributed by atoms with Crippen molar-refractivity contribution in [3.05, 3.63) is 23.8 Å². The van der Waals surface area contributed by atoms with Gasteiger partial charge in [0, 0.05) is 10.8 Å². The normalized spacial score (nSPS) is 14.7. The molecule has 0 saturated carbocycles. The van der Waals surface area contributed by atoms with Gasteiger partial charge in [-0.25, -0.2) is 0 Å². The van der Waals surface area contributed by atoms with Crippen molar-refractivity contribution in [2.75, 3.05) is 12.5 Å². The zero-order valence-electron chi connectivity index (χ0n) is 10.1. The van der Waals surface area contributed by atoms with E-state index in [0.29, 0.717) is 22.3 Å².